The van der Waals surface area contributed by atoms with Gasteiger partial charge in [-0.25, -0.2) is 0 Å². The molecule has 0 aromatic rings. The van der Waals surface area contributed by atoms with Crippen molar-refractivity contribution in [3.05, 3.63) is 0 Å². The third kappa shape index (κ3) is 3.20. The zero-order valence-electron chi connectivity index (χ0n) is 10.5. The quantitative estimate of drug-likeness (QED) is 0.680. The van der Waals surface area contributed by atoms with Crippen LogP contribution >= 0.6 is 0 Å². The molecule has 0 aromatic heterocycles. The Hall–Kier alpha value is -0.570. The highest BCUT2D eigenvalue weighted by molar-refractivity contribution is 5.81. The minimum absolute atomic E-state index is 0.158. The fourth-order valence-corrected chi connectivity index (χ4v) is 2.15. The Balaban J connectivity index is 2.69. The highest BCUT2D eigenvalue weighted by Gasteiger charge is 2.47. The van der Waals surface area contributed by atoms with Crippen LogP contribution in [0.15, 0.2) is 0 Å². The second kappa shape index (κ2) is 3.48. The zero-order valence-corrected chi connectivity index (χ0v) is 10.5. The van der Waals surface area contributed by atoms with Crippen molar-refractivity contribution in [3.8, 4) is 0 Å². The van der Waals surface area contributed by atoms with E-state index in [2.05, 4.69) is 13.8 Å². The van der Waals surface area contributed by atoms with Crippen LogP contribution in [0, 0.1) is 5.41 Å². The van der Waals surface area contributed by atoms with Gasteiger partial charge in [0, 0.05) is 0 Å². The number of carbonyl (C=O) groups is 1. The van der Waals surface area contributed by atoms with Gasteiger partial charge in [-0.1, -0.05) is 13.8 Å². The maximum Gasteiger partial charge on any atom is 0.326 e. The molecule has 1 unspecified atom stereocenters. The van der Waals surface area contributed by atoms with Gasteiger partial charge in [0.25, 0.3) is 0 Å². The zero-order chi connectivity index (χ0) is 11.9. The Bertz CT molecular complexity index is 265. The molecule has 1 atom stereocenters. The molecule has 2 N–H and O–H groups in total. The van der Waals surface area contributed by atoms with Crippen LogP contribution in [0.3, 0.4) is 0 Å². The van der Waals surface area contributed by atoms with Crippen LogP contribution in [-0.4, -0.2) is 17.1 Å². The maximum atomic E-state index is 11.9. The molecule has 1 rings (SSSR count). The predicted octanol–water partition coefficient (Wildman–Crippen LogP) is 2.24. The molecule has 3 nitrogen and oxygen atoms in total. The number of carbonyl (C=O) groups excluding carboxylic acids is 1. The Morgan fingerprint density at radius 1 is 1.27 bits per heavy atom. The Kier molecular flexibility index (Phi) is 2.90. The van der Waals surface area contributed by atoms with Crippen LogP contribution in [0.4, 0.5) is 0 Å². The van der Waals surface area contributed by atoms with Gasteiger partial charge in [-0.05, 0) is 45.4 Å². The normalized spacial score (nSPS) is 30.3. The summed E-state index contributed by atoms with van der Waals surface area (Å²) >= 11 is 0. The number of hydrogen-bond acceptors (Lipinski definition) is 3. The summed E-state index contributed by atoms with van der Waals surface area (Å²) in [5.41, 5.74) is 5.05. The molecule has 0 spiro atoms. The van der Waals surface area contributed by atoms with Crippen molar-refractivity contribution in [2.24, 2.45) is 11.1 Å². The third-order valence-electron chi connectivity index (χ3n) is 2.85. The van der Waals surface area contributed by atoms with E-state index in [1.165, 1.54) is 0 Å². The molecule has 1 fully saturated rings. The number of rotatable bonds is 1. The minimum atomic E-state index is -0.767. The molecule has 0 amide bonds. The standard InChI is InChI=1S/C12H23NO2/c1-10(2,3)15-9(14)12(13)7-6-11(4,5)8-12/h6-8,13H2,1-5H3. The Morgan fingerprint density at radius 2 is 1.80 bits per heavy atom. The molecule has 0 aliphatic heterocycles. The van der Waals surface area contributed by atoms with E-state index in [0.717, 1.165) is 19.3 Å². The van der Waals surface area contributed by atoms with E-state index in [4.69, 9.17) is 10.5 Å². The molecule has 15 heavy (non-hydrogen) atoms. The van der Waals surface area contributed by atoms with Crippen molar-refractivity contribution in [2.75, 3.05) is 0 Å². The second-order valence-corrected chi connectivity index (χ2v) is 6.50. The molecule has 0 bridgehead atoms. The van der Waals surface area contributed by atoms with Gasteiger partial charge in [-0.3, -0.25) is 4.79 Å². The molecule has 1 aliphatic carbocycles. The number of hydrogen-bond donors (Lipinski definition) is 1. The van der Waals surface area contributed by atoms with Gasteiger partial charge < -0.3 is 10.5 Å². The van der Waals surface area contributed by atoms with E-state index in [-0.39, 0.29) is 11.4 Å². The van der Waals surface area contributed by atoms with Gasteiger partial charge in [0.1, 0.15) is 11.1 Å². The molecule has 88 valence electrons. The first kappa shape index (κ1) is 12.5. The van der Waals surface area contributed by atoms with Crippen molar-refractivity contribution in [3.63, 3.8) is 0 Å². The molecule has 0 radical (unpaired) electrons. The lowest BCUT2D eigenvalue weighted by Gasteiger charge is -2.29. The fourth-order valence-electron chi connectivity index (χ4n) is 2.15. The maximum absolute atomic E-state index is 11.9. The summed E-state index contributed by atoms with van der Waals surface area (Å²) in [6, 6.07) is 0. The fraction of sp³-hybridized carbons (Fsp3) is 0.917. The van der Waals surface area contributed by atoms with E-state index in [0.29, 0.717) is 0 Å². The minimum Gasteiger partial charge on any atom is -0.459 e. The number of nitrogens with two attached hydrogens (primary N) is 1. The predicted molar refractivity (Wildman–Crippen MR) is 60.4 cm³/mol. The molecular formula is C12H23NO2. The lowest BCUT2D eigenvalue weighted by Crippen LogP contribution is -2.49. The van der Waals surface area contributed by atoms with E-state index in [1.807, 2.05) is 20.8 Å². The monoisotopic (exact) mass is 213 g/mol. The lowest BCUT2D eigenvalue weighted by molar-refractivity contribution is -0.161. The van der Waals surface area contributed by atoms with Gasteiger partial charge >= 0.3 is 5.97 Å². The van der Waals surface area contributed by atoms with E-state index in [1.54, 1.807) is 0 Å². The molecule has 0 aromatic carbocycles. The highest BCUT2D eigenvalue weighted by Crippen LogP contribution is 2.43. The van der Waals surface area contributed by atoms with Crippen LogP contribution in [0.2, 0.25) is 0 Å². The highest BCUT2D eigenvalue weighted by atomic mass is 16.6. The average Bonchev–Trinajstić information content (AvgIpc) is 2.23. The molecule has 1 aliphatic rings. The van der Waals surface area contributed by atoms with Crippen molar-refractivity contribution >= 4 is 5.97 Å². The first-order valence-corrected chi connectivity index (χ1v) is 5.57. The van der Waals surface area contributed by atoms with Crippen LogP contribution < -0.4 is 5.73 Å². The smallest absolute Gasteiger partial charge is 0.326 e. The first-order chi connectivity index (χ1) is 6.54. The Labute approximate surface area is 92.4 Å². The van der Waals surface area contributed by atoms with Gasteiger partial charge in [0.05, 0.1) is 0 Å². The average molecular weight is 213 g/mol. The summed E-state index contributed by atoms with van der Waals surface area (Å²) in [4.78, 5) is 11.9. The summed E-state index contributed by atoms with van der Waals surface area (Å²) < 4.78 is 5.35. The largest absolute Gasteiger partial charge is 0.459 e. The topological polar surface area (TPSA) is 52.3 Å². The van der Waals surface area contributed by atoms with E-state index < -0.39 is 11.1 Å². The summed E-state index contributed by atoms with van der Waals surface area (Å²) in [7, 11) is 0. The second-order valence-electron chi connectivity index (χ2n) is 6.50. The van der Waals surface area contributed by atoms with Gasteiger partial charge in [0.2, 0.25) is 0 Å². The molecule has 0 heterocycles. The van der Waals surface area contributed by atoms with Gasteiger partial charge in [0.15, 0.2) is 0 Å². The lowest BCUT2D eigenvalue weighted by atomic mass is 9.88. The van der Waals surface area contributed by atoms with E-state index >= 15 is 0 Å². The van der Waals surface area contributed by atoms with Crippen molar-refractivity contribution in [1.82, 2.24) is 0 Å². The van der Waals surface area contributed by atoms with Gasteiger partial charge in [-0.2, -0.15) is 0 Å². The van der Waals surface area contributed by atoms with Crippen LogP contribution in [-0.2, 0) is 9.53 Å². The van der Waals surface area contributed by atoms with Crippen molar-refractivity contribution in [2.45, 2.75) is 65.0 Å². The van der Waals surface area contributed by atoms with Gasteiger partial charge in [-0.15, -0.1) is 0 Å². The number of ether oxygens (including phenoxy) is 1. The van der Waals surface area contributed by atoms with Crippen LogP contribution in [0.25, 0.3) is 0 Å². The summed E-state index contributed by atoms with van der Waals surface area (Å²) in [6.07, 6.45) is 2.44. The van der Waals surface area contributed by atoms with Crippen LogP contribution in [0.1, 0.15) is 53.9 Å². The number of esters is 1. The molecule has 3 heteroatoms. The van der Waals surface area contributed by atoms with Crippen molar-refractivity contribution in [1.29, 1.82) is 0 Å². The molecule has 0 saturated heterocycles. The molecular weight excluding hydrogens is 190 g/mol. The Morgan fingerprint density at radius 3 is 2.13 bits per heavy atom. The van der Waals surface area contributed by atoms with Crippen LogP contribution in [0.5, 0.6) is 0 Å². The van der Waals surface area contributed by atoms with Crippen molar-refractivity contribution < 1.29 is 9.53 Å². The summed E-state index contributed by atoms with van der Waals surface area (Å²) in [6.45, 7) is 9.90. The third-order valence-corrected chi connectivity index (χ3v) is 2.85. The first-order valence-electron chi connectivity index (χ1n) is 5.57. The summed E-state index contributed by atoms with van der Waals surface area (Å²) in [5.74, 6) is -0.249. The SMILES string of the molecule is CC1(C)CCC(N)(C(=O)OC(C)(C)C)C1. The van der Waals surface area contributed by atoms with E-state index in [9.17, 15) is 4.79 Å². The summed E-state index contributed by atoms with van der Waals surface area (Å²) in [5, 5.41) is 0. The molecule has 1 saturated carbocycles.